The minimum Gasteiger partial charge on any atom is -0.356 e. The molecule has 2 fully saturated rings. The van der Waals surface area contributed by atoms with Crippen LogP contribution in [-0.2, 0) is 4.79 Å². The number of piperidine rings is 1. The molecule has 1 saturated heterocycles. The third-order valence-electron chi connectivity index (χ3n) is 7.05. The van der Waals surface area contributed by atoms with Crippen LogP contribution in [0.25, 0.3) is 11.0 Å². The summed E-state index contributed by atoms with van der Waals surface area (Å²) in [6.45, 7) is 4.83. The maximum Gasteiger partial charge on any atom is 0.170 e. The van der Waals surface area contributed by atoms with Gasteiger partial charge in [-0.1, -0.05) is 11.6 Å². The number of fused-ring (bicyclic) bond motifs is 2. The van der Waals surface area contributed by atoms with Gasteiger partial charge < -0.3 is 9.42 Å². The van der Waals surface area contributed by atoms with E-state index in [0.29, 0.717) is 17.3 Å². The predicted octanol–water partition coefficient (Wildman–Crippen LogP) is 5.02. The molecule has 1 saturated carbocycles. The zero-order valence-corrected chi connectivity index (χ0v) is 17.5. The molecular formula is C24H28FN3O2. The number of allylic oxidation sites excluding steroid dienone is 1. The van der Waals surface area contributed by atoms with Gasteiger partial charge in [0, 0.05) is 40.9 Å². The zero-order valence-electron chi connectivity index (χ0n) is 17.5. The Labute approximate surface area is 176 Å². The zero-order chi connectivity index (χ0) is 20.7. The number of carbonyl (C=O) groups excluding carboxylic acids is 1. The number of Topliss-reactive ketones (excluding diaryl/α,β-unsaturated/α-hetero) is 1. The van der Waals surface area contributed by atoms with Gasteiger partial charge in [0.2, 0.25) is 0 Å². The van der Waals surface area contributed by atoms with Gasteiger partial charge in [-0.2, -0.15) is 0 Å². The number of aliphatic imine (C=N–C) groups is 1. The van der Waals surface area contributed by atoms with Crippen molar-refractivity contribution in [3.05, 3.63) is 41.0 Å². The third kappa shape index (κ3) is 3.62. The smallest absolute Gasteiger partial charge is 0.170 e. The molecule has 1 aromatic carbocycles. The summed E-state index contributed by atoms with van der Waals surface area (Å²) >= 11 is 0. The van der Waals surface area contributed by atoms with Crippen molar-refractivity contribution in [2.45, 2.75) is 57.8 Å². The largest absolute Gasteiger partial charge is 0.356 e. The molecule has 2 aliphatic heterocycles. The average molecular weight is 410 g/mol. The first-order valence-electron chi connectivity index (χ1n) is 11.2. The van der Waals surface area contributed by atoms with E-state index in [0.717, 1.165) is 92.6 Å². The van der Waals surface area contributed by atoms with Crippen LogP contribution in [0.1, 0.15) is 63.5 Å². The lowest BCUT2D eigenvalue weighted by Gasteiger charge is -2.32. The van der Waals surface area contributed by atoms with E-state index in [1.54, 1.807) is 6.07 Å². The fourth-order valence-electron chi connectivity index (χ4n) is 5.31. The number of hydrogen-bond acceptors (Lipinski definition) is 5. The minimum atomic E-state index is -0.299. The molecule has 158 valence electrons. The Morgan fingerprint density at radius 1 is 1.20 bits per heavy atom. The molecule has 1 aliphatic carbocycles. The summed E-state index contributed by atoms with van der Waals surface area (Å²) in [4.78, 5) is 20.2. The molecule has 1 aromatic heterocycles. The Kier molecular flexibility index (Phi) is 5.27. The van der Waals surface area contributed by atoms with E-state index < -0.39 is 0 Å². The Hall–Kier alpha value is -2.34. The average Bonchev–Trinajstić information content (AvgIpc) is 3.17. The van der Waals surface area contributed by atoms with Crippen LogP contribution in [0.15, 0.2) is 39.0 Å². The van der Waals surface area contributed by atoms with E-state index in [2.05, 4.69) is 10.1 Å². The Morgan fingerprint density at radius 3 is 2.87 bits per heavy atom. The quantitative estimate of drug-likeness (QED) is 0.711. The molecule has 1 atom stereocenters. The lowest BCUT2D eigenvalue weighted by molar-refractivity contribution is -0.118. The molecular weight excluding hydrogens is 381 g/mol. The van der Waals surface area contributed by atoms with Crippen molar-refractivity contribution in [3.8, 4) is 0 Å². The first-order chi connectivity index (χ1) is 14.6. The minimum absolute atomic E-state index is 0.0495. The number of aromatic nitrogens is 1. The summed E-state index contributed by atoms with van der Waals surface area (Å²) < 4.78 is 18.7. The molecule has 0 radical (unpaired) electrons. The van der Waals surface area contributed by atoms with Gasteiger partial charge in [0.05, 0.1) is 11.6 Å². The molecule has 5 rings (SSSR count). The fraction of sp³-hybridized carbons (Fsp3) is 0.542. The van der Waals surface area contributed by atoms with Gasteiger partial charge in [-0.15, -0.1) is 0 Å². The van der Waals surface area contributed by atoms with E-state index in [-0.39, 0.29) is 11.7 Å². The number of carbonyl (C=O) groups is 1. The third-order valence-corrected chi connectivity index (χ3v) is 7.05. The van der Waals surface area contributed by atoms with Crippen molar-refractivity contribution in [3.63, 3.8) is 0 Å². The first-order valence-corrected chi connectivity index (χ1v) is 11.2. The van der Waals surface area contributed by atoms with Gasteiger partial charge in [0.1, 0.15) is 5.82 Å². The highest BCUT2D eigenvalue weighted by molar-refractivity contribution is 6.15. The Morgan fingerprint density at radius 2 is 2.03 bits per heavy atom. The second-order valence-corrected chi connectivity index (χ2v) is 8.90. The molecule has 2 aromatic rings. The van der Waals surface area contributed by atoms with Crippen molar-refractivity contribution in [1.29, 1.82) is 0 Å². The molecule has 5 nitrogen and oxygen atoms in total. The van der Waals surface area contributed by atoms with Gasteiger partial charge >= 0.3 is 0 Å². The van der Waals surface area contributed by atoms with E-state index >= 15 is 0 Å². The summed E-state index contributed by atoms with van der Waals surface area (Å²) in [6, 6.07) is 4.64. The number of nitrogens with zero attached hydrogens (tertiary/aromatic N) is 3. The van der Waals surface area contributed by atoms with Crippen LogP contribution in [0.5, 0.6) is 0 Å². The molecule has 6 heteroatoms. The van der Waals surface area contributed by atoms with Gasteiger partial charge in [0.25, 0.3) is 0 Å². The normalized spacial score (nSPS) is 23.7. The first kappa shape index (κ1) is 19.6. The van der Waals surface area contributed by atoms with Crippen molar-refractivity contribution in [1.82, 2.24) is 10.1 Å². The van der Waals surface area contributed by atoms with Crippen molar-refractivity contribution in [2.75, 3.05) is 19.6 Å². The number of likely N-dealkylation sites (tertiary alicyclic amines) is 1. The summed E-state index contributed by atoms with van der Waals surface area (Å²) in [5.41, 5.74) is 4.47. The van der Waals surface area contributed by atoms with Gasteiger partial charge in [-0.3, -0.25) is 9.79 Å². The fourth-order valence-corrected chi connectivity index (χ4v) is 5.31. The second kappa shape index (κ2) is 8.06. The van der Waals surface area contributed by atoms with Crippen LogP contribution >= 0.6 is 0 Å². The van der Waals surface area contributed by atoms with Gasteiger partial charge in [0.15, 0.2) is 11.4 Å². The van der Waals surface area contributed by atoms with Crippen LogP contribution in [-0.4, -0.2) is 41.2 Å². The monoisotopic (exact) mass is 409 g/mol. The number of benzene rings is 1. The van der Waals surface area contributed by atoms with Gasteiger partial charge in [-0.05, 0) is 70.7 Å². The molecule has 3 heterocycles. The van der Waals surface area contributed by atoms with Crippen LogP contribution in [0, 0.1) is 11.7 Å². The second-order valence-electron chi connectivity index (χ2n) is 8.90. The standard InChI is InChI=1S/C24H28FN3O2/c1-15-18(24(29)19-4-2-3-5-21(19)26-15)10-13-28-11-8-16(9-12-28)23-20-7-6-17(25)14-22(20)30-27-23/h6-7,14,16,19H,2-5,8-13H2,1H3. The van der Waals surface area contributed by atoms with Crippen molar-refractivity contribution < 1.29 is 13.7 Å². The van der Waals surface area contributed by atoms with Crippen molar-refractivity contribution >= 4 is 22.5 Å². The molecule has 1 unspecified atom stereocenters. The molecule has 0 bridgehead atoms. The molecule has 0 N–H and O–H groups in total. The van der Waals surface area contributed by atoms with Crippen molar-refractivity contribution in [2.24, 2.45) is 10.9 Å². The highest BCUT2D eigenvalue weighted by Gasteiger charge is 2.33. The highest BCUT2D eigenvalue weighted by atomic mass is 19.1. The summed E-state index contributed by atoms with van der Waals surface area (Å²) in [6.07, 6.45) is 7.03. The maximum absolute atomic E-state index is 13.4. The van der Waals surface area contributed by atoms with Crippen LogP contribution in [0.3, 0.4) is 0 Å². The highest BCUT2D eigenvalue weighted by Crippen LogP contribution is 2.34. The molecule has 0 spiro atoms. The molecule has 3 aliphatic rings. The van der Waals surface area contributed by atoms with E-state index in [1.165, 1.54) is 12.1 Å². The summed E-state index contributed by atoms with van der Waals surface area (Å²) in [5, 5.41) is 5.16. The van der Waals surface area contributed by atoms with Crippen LogP contribution in [0.2, 0.25) is 0 Å². The van der Waals surface area contributed by atoms with E-state index in [4.69, 9.17) is 9.52 Å². The number of ketones is 1. The SMILES string of the molecule is CC1=C(CCN2CCC(c3noc4cc(F)ccc34)CC2)C(=O)C2CCCCC2=N1. The number of halogens is 1. The lowest BCUT2D eigenvalue weighted by Crippen LogP contribution is -2.36. The Bertz CT molecular complexity index is 1030. The topological polar surface area (TPSA) is 58.7 Å². The van der Waals surface area contributed by atoms with E-state index in [1.807, 2.05) is 6.92 Å². The molecule has 0 amide bonds. The van der Waals surface area contributed by atoms with Crippen LogP contribution < -0.4 is 0 Å². The van der Waals surface area contributed by atoms with Gasteiger partial charge in [-0.25, -0.2) is 4.39 Å². The van der Waals surface area contributed by atoms with E-state index in [9.17, 15) is 9.18 Å². The summed E-state index contributed by atoms with van der Waals surface area (Å²) in [5.74, 6) is 0.410. The van der Waals surface area contributed by atoms with Crippen LogP contribution in [0.4, 0.5) is 4.39 Å². The number of hydrogen-bond donors (Lipinski definition) is 0. The lowest BCUT2D eigenvalue weighted by atomic mass is 9.79. The maximum atomic E-state index is 13.4. The predicted molar refractivity (Wildman–Crippen MR) is 114 cm³/mol. The number of rotatable bonds is 4. The Balaban J connectivity index is 1.20. The molecule has 30 heavy (non-hydrogen) atoms. The summed E-state index contributed by atoms with van der Waals surface area (Å²) in [7, 11) is 0.